The highest BCUT2D eigenvalue weighted by Crippen LogP contribution is 2.43. The number of rotatable bonds is 18. The molecule has 0 fully saturated rings. The average Bonchev–Trinajstić information content (AvgIpc) is 2.95. The van der Waals surface area contributed by atoms with Gasteiger partial charge < -0.3 is 13.6 Å². The number of ether oxygens (including phenoxy) is 1. The highest BCUT2D eigenvalue weighted by atomic mass is 28.4. The van der Waals surface area contributed by atoms with Crippen LogP contribution in [0.4, 0.5) is 0 Å². The van der Waals surface area contributed by atoms with Crippen molar-refractivity contribution in [2.24, 2.45) is 0 Å². The fourth-order valence-electron chi connectivity index (χ4n) is 6.55. The Balaban J connectivity index is 2.27. The van der Waals surface area contributed by atoms with Crippen LogP contribution >= 0.6 is 0 Å². The van der Waals surface area contributed by atoms with E-state index in [4.69, 9.17) is 13.6 Å². The van der Waals surface area contributed by atoms with Crippen LogP contribution in [0.1, 0.15) is 90.4 Å². The second-order valence-corrected chi connectivity index (χ2v) is 19.7. The third kappa shape index (κ3) is 8.48. The summed E-state index contributed by atoms with van der Waals surface area (Å²) >= 11 is 0. The van der Waals surface area contributed by atoms with E-state index in [1.54, 1.807) is 0 Å². The van der Waals surface area contributed by atoms with Gasteiger partial charge in [0.25, 0.3) is 16.6 Å². The summed E-state index contributed by atoms with van der Waals surface area (Å²) < 4.78 is 20.4. The van der Waals surface area contributed by atoms with Crippen molar-refractivity contribution < 1.29 is 18.4 Å². The van der Waals surface area contributed by atoms with E-state index in [0.29, 0.717) is 17.1 Å². The van der Waals surface area contributed by atoms with Crippen LogP contribution in [0, 0.1) is 0 Å². The zero-order chi connectivity index (χ0) is 29.7. The van der Waals surface area contributed by atoms with Crippen molar-refractivity contribution in [3.8, 4) is 17.2 Å². The van der Waals surface area contributed by atoms with Gasteiger partial charge in [-0.25, -0.2) is 4.79 Å². The van der Waals surface area contributed by atoms with Crippen molar-refractivity contribution >= 4 is 33.4 Å². The third-order valence-electron chi connectivity index (χ3n) is 8.01. The van der Waals surface area contributed by atoms with Gasteiger partial charge in [0.05, 0.1) is 0 Å². The summed E-state index contributed by atoms with van der Waals surface area (Å²) in [5.74, 6) is 1.64. The first-order valence-corrected chi connectivity index (χ1v) is 21.2. The Morgan fingerprint density at radius 1 is 0.585 bits per heavy atom. The molecule has 0 saturated heterocycles. The topological polar surface area (TPSA) is 44.8 Å². The van der Waals surface area contributed by atoms with Crippen LogP contribution < -0.4 is 13.6 Å². The van der Waals surface area contributed by atoms with E-state index in [0.717, 1.165) is 91.3 Å². The predicted octanol–water partition coefficient (Wildman–Crippen LogP) is 11.2. The van der Waals surface area contributed by atoms with E-state index >= 15 is 0 Å². The lowest BCUT2D eigenvalue weighted by Gasteiger charge is -2.35. The minimum absolute atomic E-state index is 0.386. The molecule has 0 amide bonds. The van der Waals surface area contributed by atoms with E-state index in [-0.39, 0.29) is 5.97 Å². The molecule has 0 aliphatic rings. The first-order chi connectivity index (χ1) is 19.9. The molecule has 0 N–H and O–H groups in total. The standard InChI is InChI=1S/C35H52O4Si2/c1-7-22-40(23-8-2,24-9-3)38-33-28-32(35(36)37-29-18-14-13-15-19-29)34(31-21-17-16-20-30(31)33)39-41(25-10-4,26-11-5)27-12-6/h13-21,28H,7-12,22-27H2,1-6H3. The lowest BCUT2D eigenvalue weighted by molar-refractivity contribution is 0.0732. The molecule has 0 bridgehead atoms. The number of para-hydroxylation sites is 1. The Morgan fingerprint density at radius 2 is 1.02 bits per heavy atom. The largest absolute Gasteiger partial charge is 0.543 e. The van der Waals surface area contributed by atoms with Crippen LogP contribution in [0.5, 0.6) is 17.2 Å². The number of carbonyl (C=O) groups excluding carboxylic acids is 1. The maximum atomic E-state index is 14.0. The minimum Gasteiger partial charge on any atom is -0.543 e. The molecule has 0 radical (unpaired) electrons. The normalized spacial score (nSPS) is 12.0. The molecule has 4 nitrogen and oxygen atoms in total. The van der Waals surface area contributed by atoms with Crippen molar-refractivity contribution in [3.63, 3.8) is 0 Å². The molecule has 0 aliphatic carbocycles. The molecule has 224 valence electrons. The maximum absolute atomic E-state index is 14.0. The van der Waals surface area contributed by atoms with E-state index < -0.39 is 16.6 Å². The van der Waals surface area contributed by atoms with E-state index in [1.165, 1.54) is 0 Å². The molecule has 3 aromatic carbocycles. The molecule has 0 unspecified atom stereocenters. The van der Waals surface area contributed by atoms with Gasteiger partial charge >= 0.3 is 5.97 Å². The van der Waals surface area contributed by atoms with Gasteiger partial charge in [-0.05, 0) is 54.5 Å². The second kappa shape index (κ2) is 16.2. The Bertz CT molecular complexity index is 1190. The van der Waals surface area contributed by atoms with Crippen molar-refractivity contribution in [2.45, 2.75) is 116 Å². The summed E-state index contributed by atoms with van der Waals surface area (Å²) in [6, 6.07) is 26.2. The van der Waals surface area contributed by atoms with E-state index in [9.17, 15) is 4.79 Å². The van der Waals surface area contributed by atoms with Gasteiger partial charge in [-0.2, -0.15) is 0 Å². The van der Waals surface area contributed by atoms with Gasteiger partial charge in [-0.1, -0.05) is 123 Å². The molecular formula is C35H52O4Si2. The number of esters is 1. The number of fused-ring (bicyclic) bond motifs is 1. The number of benzene rings is 3. The van der Waals surface area contributed by atoms with Crippen molar-refractivity contribution in [1.29, 1.82) is 0 Å². The summed E-state index contributed by atoms with van der Waals surface area (Å²) in [5.41, 5.74) is 0.482. The first-order valence-electron chi connectivity index (χ1n) is 16.1. The van der Waals surface area contributed by atoms with Crippen molar-refractivity contribution in [1.82, 2.24) is 0 Å². The molecule has 0 aliphatic heterocycles. The fourth-order valence-corrected chi connectivity index (χ4v) is 15.4. The molecule has 0 saturated carbocycles. The van der Waals surface area contributed by atoms with Crippen LogP contribution in [-0.2, 0) is 0 Å². The zero-order valence-corrected chi connectivity index (χ0v) is 28.4. The lowest BCUT2D eigenvalue weighted by atomic mass is 10.0. The Kier molecular flexibility index (Phi) is 13.0. The summed E-state index contributed by atoms with van der Waals surface area (Å²) in [5, 5.41) is 1.99. The van der Waals surface area contributed by atoms with E-state index in [2.05, 4.69) is 59.7 Å². The smallest absolute Gasteiger partial charge is 0.347 e. The lowest BCUT2D eigenvalue weighted by Crippen LogP contribution is -2.42. The number of carbonyl (C=O) groups is 1. The molecule has 0 aromatic heterocycles. The van der Waals surface area contributed by atoms with Gasteiger partial charge in [0.2, 0.25) is 0 Å². The highest BCUT2D eigenvalue weighted by Gasteiger charge is 2.38. The molecule has 0 spiro atoms. The van der Waals surface area contributed by atoms with E-state index in [1.807, 2.05) is 42.5 Å². The number of hydrogen-bond donors (Lipinski definition) is 0. The fraction of sp³-hybridized carbons (Fsp3) is 0.514. The molecule has 3 rings (SSSR count). The monoisotopic (exact) mass is 592 g/mol. The predicted molar refractivity (Wildman–Crippen MR) is 179 cm³/mol. The SMILES string of the molecule is CCC[Si](CCC)(CCC)Oc1cc(C(=O)Oc2ccccc2)c(O[Si](CCC)(CCC)CCC)c2ccccc12. The Hall–Kier alpha value is -2.58. The first kappa shape index (κ1) is 32.9. The van der Waals surface area contributed by atoms with Crippen LogP contribution in [0.2, 0.25) is 36.3 Å². The molecule has 3 aromatic rings. The average molecular weight is 593 g/mol. The van der Waals surface area contributed by atoms with Gasteiger partial charge in [0, 0.05) is 10.8 Å². The third-order valence-corrected chi connectivity index (χ3v) is 17.8. The molecule has 41 heavy (non-hydrogen) atoms. The minimum atomic E-state index is -2.17. The summed E-state index contributed by atoms with van der Waals surface area (Å²) in [6.07, 6.45) is 6.55. The van der Waals surface area contributed by atoms with Gasteiger partial charge in [0.1, 0.15) is 22.8 Å². The van der Waals surface area contributed by atoms with Gasteiger partial charge in [0.15, 0.2) is 0 Å². The Labute approximate surface area is 251 Å². The molecule has 0 atom stereocenters. The van der Waals surface area contributed by atoms with Crippen LogP contribution in [0.3, 0.4) is 0 Å². The van der Waals surface area contributed by atoms with Gasteiger partial charge in [-0.15, -0.1) is 0 Å². The van der Waals surface area contributed by atoms with Crippen LogP contribution in [0.15, 0.2) is 60.7 Å². The number of hydrogen-bond acceptors (Lipinski definition) is 4. The Morgan fingerprint density at radius 3 is 1.51 bits per heavy atom. The second-order valence-electron chi connectivity index (χ2n) is 11.6. The van der Waals surface area contributed by atoms with Crippen molar-refractivity contribution in [3.05, 3.63) is 66.2 Å². The van der Waals surface area contributed by atoms with Crippen LogP contribution in [0.25, 0.3) is 10.8 Å². The molecule has 0 heterocycles. The van der Waals surface area contributed by atoms with Gasteiger partial charge in [-0.3, -0.25) is 0 Å². The summed E-state index contributed by atoms with van der Waals surface area (Å²) in [6.45, 7) is 13.5. The highest BCUT2D eigenvalue weighted by molar-refractivity contribution is 6.75. The molecular weight excluding hydrogens is 541 g/mol. The van der Waals surface area contributed by atoms with Crippen molar-refractivity contribution in [2.75, 3.05) is 0 Å². The summed E-state index contributed by atoms with van der Waals surface area (Å²) in [4.78, 5) is 14.0. The summed E-state index contributed by atoms with van der Waals surface area (Å²) in [7, 11) is -4.24. The van der Waals surface area contributed by atoms with Crippen LogP contribution in [-0.4, -0.2) is 22.6 Å². The maximum Gasteiger partial charge on any atom is 0.347 e. The zero-order valence-electron chi connectivity index (χ0n) is 26.4. The molecule has 6 heteroatoms. The quantitative estimate of drug-likeness (QED) is 0.0837.